The predicted octanol–water partition coefficient (Wildman–Crippen LogP) is 2.81. The SMILES string of the molecule is CCC(C)C1C(=O)NC(Cc2ccc(OCC=C(C)C)cc2)C(=O)N(C)C(CC)C(=O)OC(Cc2ccccc2)C(=O)N2CCCC2C(=O)NC(CO)C(=O)N1C. The fourth-order valence-electron chi connectivity index (χ4n) is 7.31. The maximum atomic E-state index is 14.5. The van der Waals surface area contributed by atoms with Crippen molar-refractivity contribution in [1.82, 2.24) is 25.3 Å². The van der Waals surface area contributed by atoms with E-state index in [1.165, 1.54) is 28.8 Å². The van der Waals surface area contributed by atoms with Gasteiger partial charge in [-0.3, -0.25) is 24.0 Å². The first-order chi connectivity index (χ1) is 27.2. The number of amides is 5. The number of rotatable bonds is 11. The van der Waals surface area contributed by atoms with Gasteiger partial charge in [0.25, 0.3) is 5.91 Å². The largest absolute Gasteiger partial charge is 0.490 e. The molecule has 57 heavy (non-hydrogen) atoms. The van der Waals surface area contributed by atoms with E-state index in [0.717, 1.165) is 5.57 Å². The van der Waals surface area contributed by atoms with Crippen LogP contribution in [0.1, 0.15) is 71.4 Å². The van der Waals surface area contributed by atoms with Crippen LogP contribution in [0.15, 0.2) is 66.2 Å². The number of likely N-dealkylation sites (N-methyl/N-ethyl adjacent to an activating group) is 2. The highest BCUT2D eigenvalue weighted by Gasteiger charge is 2.43. The average Bonchev–Trinajstić information content (AvgIpc) is 3.69. The minimum atomic E-state index is -1.43. The fraction of sp³-hybridized carbons (Fsp3) is 0.535. The molecule has 2 aliphatic heterocycles. The van der Waals surface area contributed by atoms with Gasteiger partial charge in [0.1, 0.15) is 42.6 Å². The third-order valence-corrected chi connectivity index (χ3v) is 10.8. The topological polar surface area (TPSA) is 175 Å². The number of fused-ring (bicyclic) bond motifs is 1. The lowest BCUT2D eigenvalue weighted by molar-refractivity contribution is -0.167. The summed E-state index contributed by atoms with van der Waals surface area (Å²) in [5, 5.41) is 15.9. The van der Waals surface area contributed by atoms with Gasteiger partial charge in [-0.25, -0.2) is 4.79 Å². The number of carbonyl (C=O) groups is 6. The molecule has 310 valence electrons. The summed E-state index contributed by atoms with van der Waals surface area (Å²) in [6.07, 6.45) is 2.02. The van der Waals surface area contributed by atoms with Crippen LogP contribution in [0.2, 0.25) is 0 Å². The van der Waals surface area contributed by atoms with E-state index in [2.05, 4.69) is 10.6 Å². The molecule has 14 heteroatoms. The first-order valence-electron chi connectivity index (χ1n) is 19.8. The first kappa shape index (κ1) is 44.5. The summed E-state index contributed by atoms with van der Waals surface area (Å²) >= 11 is 0. The van der Waals surface area contributed by atoms with Crippen LogP contribution < -0.4 is 15.4 Å². The van der Waals surface area contributed by atoms with E-state index in [1.54, 1.807) is 62.4 Å². The van der Waals surface area contributed by atoms with Gasteiger partial charge in [-0.1, -0.05) is 75.2 Å². The van der Waals surface area contributed by atoms with E-state index in [4.69, 9.17) is 9.47 Å². The number of ether oxygens (including phenoxy) is 2. The van der Waals surface area contributed by atoms with Crippen LogP contribution in [0, 0.1) is 5.92 Å². The second-order valence-corrected chi connectivity index (χ2v) is 15.2. The summed E-state index contributed by atoms with van der Waals surface area (Å²) in [6.45, 7) is 9.14. The van der Waals surface area contributed by atoms with Gasteiger partial charge in [-0.05, 0) is 68.4 Å². The zero-order valence-corrected chi connectivity index (χ0v) is 34.2. The van der Waals surface area contributed by atoms with Gasteiger partial charge in [0.2, 0.25) is 23.6 Å². The van der Waals surface area contributed by atoms with Crippen LogP contribution in [0.5, 0.6) is 5.75 Å². The number of aliphatic hydroxyl groups is 1. The maximum absolute atomic E-state index is 14.5. The van der Waals surface area contributed by atoms with Gasteiger partial charge >= 0.3 is 5.97 Å². The van der Waals surface area contributed by atoms with Crippen molar-refractivity contribution < 1.29 is 43.3 Å². The number of benzene rings is 2. The van der Waals surface area contributed by atoms with Crippen molar-refractivity contribution in [2.75, 3.05) is 33.9 Å². The van der Waals surface area contributed by atoms with E-state index < -0.39 is 84.3 Å². The van der Waals surface area contributed by atoms with Crippen molar-refractivity contribution in [3.05, 3.63) is 77.4 Å². The Labute approximate surface area is 335 Å². The Morgan fingerprint density at radius 2 is 1.49 bits per heavy atom. The highest BCUT2D eigenvalue weighted by atomic mass is 16.6. The van der Waals surface area contributed by atoms with Gasteiger partial charge in [0.15, 0.2) is 6.10 Å². The Hall–Kier alpha value is -5.24. The van der Waals surface area contributed by atoms with E-state index in [1.807, 2.05) is 32.9 Å². The Kier molecular flexibility index (Phi) is 16.2. The molecule has 2 saturated heterocycles. The zero-order chi connectivity index (χ0) is 41.8. The lowest BCUT2D eigenvalue weighted by atomic mass is 9.95. The number of hydrogen-bond donors (Lipinski definition) is 3. The number of aliphatic hydroxyl groups excluding tert-OH is 1. The number of hydrogen-bond acceptors (Lipinski definition) is 9. The van der Waals surface area contributed by atoms with Gasteiger partial charge in [-0.2, -0.15) is 0 Å². The first-order valence-corrected chi connectivity index (χ1v) is 19.8. The molecule has 7 atom stereocenters. The Morgan fingerprint density at radius 3 is 2.11 bits per heavy atom. The Balaban J connectivity index is 1.77. The van der Waals surface area contributed by atoms with Crippen molar-refractivity contribution in [1.29, 1.82) is 0 Å². The number of nitrogens with zero attached hydrogens (tertiary/aromatic N) is 3. The van der Waals surface area contributed by atoms with E-state index in [0.29, 0.717) is 36.3 Å². The molecule has 0 spiro atoms. The zero-order valence-electron chi connectivity index (χ0n) is 34.2. The van der Waals surface area contributed by atoms with Crippen LogP contribution in [0.3, 0.4) is 0 Å². The molecule has 14 nitrogen and oxygen atoms in total. The molecule has 2 aromatic carbocycles. The molecule has 2 heterocycles. The second kappa shape index (κ2) is 20.8. The summed E-state index contributed by atoms with van der Waals surface area (Å²) < 4.78 is 11.8. The van der Waals surface area contributed by atoms with E-state index in [-0.39, 0.29) is 32.2 Å². The molecular weight excluding hydrogens is 730 g/mol. The highest BCUT2D eigenvalue weighted by Crippen LogP contribution is 2.24. The standard InChI is InChI=1S/C43H59N5O9/c1-8-28(5)37-39(51)44-32(24-30-17-19-31(20-18-30)56-23-21-27(3)4)40(52)46(6)34(9-2)43(55)57-36(25-29-14-11-10-12-15-29)42(54)48-22-13-16-35(48)38(50)45-33(26-49)41(53)47(37)7/h10-12,14-15,17-21,28,32-37,49H,8-9,13,16,22-26H2,1-7H3,(H,44,51)(H,45,50). The van der Waals surface area contributed by atoms with Crippen molar-refractivity contribution in [2.24, 2.45) is 5.92 Å². The normalized spacial score (nSPS) is 24.8. The molecule has 7 unspecified atom stereocenters. The average molecular weight is 790 g/mol. The molecule has 2 aromatic rings. The van der Waals surface area contributed by atoms with Crippen LogP contribution >= 0.6 is 0 Å². The fourth-order valence-corrected chi connectivity index (χ4v) is 7.31. The lowest BCUT2D eigenvalue weighted by Gasteiger charge is -2.36. The highest BCUT2D eigenvalue weighted by molar-refractivity contribution is 5.97. The molecule has 2 aliphatic rings. The minimum Gasteiger partial charge on any atom is -0.490 e. The molecule has 3 N–H and O–H groups in total. The van der Waals surface area contributed by atoms with Crippen LogP contribution in [-0.2, 0) is 46.3 Å². The van der Waals surface area contributed by atoms with Crippen molar-refractivity contribution >= 4 is 35.5 Å². The third kappa shape index (κ3) is 11.4. The van der Waals surface area contributed by atoms with Crippen molar-refractivity contribution in [3.8, 4) is 5.75 Å². The monoisotopic (exact) mass is 789 g/mol. The van der Waals surface area contributed by atoms with Crippen molar-refractivity contribution in [3.63, 3.8) is 0 Å². The predicted molar refractivity (Wildman–Crippen MR) is 214 cm³/mol. The number of esters is 1. The molecule has 0 aliphatic carbocycles. The minimum absolute atomic E-state index is 0.0105. The smallest absolute Gasteiger partial charge is 0.329 e. The van der Waals surface area contributed by atoms with Crippen molar-refractivity contribution in [2.45, 2.75) is 109 Å². The molecule has 0 saturated carbocycles. The third-order valence-electron chi connectivity index (χ3n) is 10.8. The number of nitrogens with one attached hydrogen (secondary N) is 2. The van der Waals surface area contributed by atoms with Gasteiger partial charge in [-0.15, -0.1) is 0 Å². The molecule has 0 bridgehead atoms. The molecule has 4 rings (SSSR count). The summed E-state index contributed by atoms with van der Waals surface area (Å²) in [5.74, 6) is -3.76. The number of allylic oxidation sites excluding steroid dienone is 1. The van der Waals surface area contributed by atoms with Gasteiger partial charge < -0.3 is 39.9 Å². The summed E-state index contributed by atoms with van der Waals surface area (Å²) in [7, 11) is 2.88. The Morgan fingerprint density at radius 1 is 0.860 bits per heavy atom. The molecular formula is C43H59N5O9. The molecule has 5 amide bonds. The summed E-state index contributed by atoms with van der Waals surface area (Å²) in [6, 6.07) is 10.3. The summed E-state index contributed by atoms with van der Waals surface area (Å²) in [5.41, 5.74) is 2.52. The molecule has 0 aromatic heterocycles. The lowest BCUT2D eigenvalue weighted by Crippen LogP contribution is -2.61. The Bertz CT molecular complexity index is 1750. The van der Waals surface area contributed by atoms with Gasteiger partial charge in [0, 0.05) is 33.5 Å². The number of cyclic esters (lactones) is 1. The van der Waals surface area contributed by atoms with E-state index >= 15 is 0 Å². The summed E-state index contributed by atoms with van der Waals surface area (Å²) in [4.78, 5) is 88.8. The van der Waals surface area contributed by atoms with Crippen LogP contribution in [-0.4, -0.2) is 125 Å². The molecule has 2 fully saturated rings. The van der Waals surface area contributed by atoms with Gasteiger partial charge in [0.05, 0.1) is 6.61 Å². The quantitative estimate of drug-likeness (QED) is 0.229. The second-order valence-electron chi connectivity index (χ2n) is 15.2. The van der Waals surface area contributed by atoms with Crippen LogP contribution in [0.25, 0.3) is 0 Å². The van der Waals surface area contributed by atoms with E-state index in [9.17, 15) is 33.9 Å². The molecule has 0 radical (unpaired) electrons. The maximum Gasteiger partial charge on any atom is 0.329 e. The number of carbonyl (C=O) groups excluding carboxylic acids is 6. The van der Waals surface area contributed by atoms with Crippen LogP contribution in [0.4, 0.5) is 0 Å².